The largest absolute Gasteiger partial charge is 0.508 e. The van der Waals surface area contributed by atoms with Crippen LogP contribution in [0.15, 0.2) is 139 Å². The summed E-state index contributed by atoms with van der Waals surface area (Å²) < 4.78 is 13.4. The first-order valence-corrected chi connectivity index (χ1v) is 52.4. The van der Waals surface area contributed by atoms with Crippen LogP contribution in [0.25, 0.3) is 10.8 Å². The second kappa shape index (κ2) is 48.1. The van der Waals surface area contributed by atoms with Crippen LogP contribution in [0.4, 0.5) is 4.79 Å². The molecular weight excluding hydrogens is 1810 g/mol. The van der Waals surface area contributed by atoms with Crippen molar-refractivity contribution in [3.63, 3.8) is 0 Å². The lowest BCUT2D eigenvalue weighted by atomic mass is 9.47. The van der Waals surface area contributed by atoms with Crippen molar-refractivity contribution in [3.05, 3.63) is 156 Å². The van der Waals surface area contributed by atoms with Gasteiger partial charge >= 0.3 is 12.1 Å². The summed E-state index contributed by atoms with van der Waals surface area (Å²) in [5, 5.41) is 55.2. The number of fused-ring (bicyclic) bond motifs is 7. The van der Waals surface area contributed by atoms with Crippen LogP contribution < -0.4 is 63.1 Å². The molecule has 139 heavy (non-hydrogen) atoms. The number of aromatic nitrogens is 1. The molecule has 13 N–H and O–H groups in total. The molecule has 5 aliphatic carbocycles. The Kier molecular flexibility index (Phi) is 37.1. The number of hydrogen-bond donors (Lipinski definition) is 13. The molecule has 0 bridgehead atoms. The summed E-state index contributed by atoms with van der Waals surface area (Å²) in [4.78, 5) is 198. The molecule has 1 aromatic heterocycles. The minimum absolute atomic E-state index is 0. The van der Waals surface area contributed by atoms with Gasteiger partial charge in [-0.25, -0.2) is 9.36 Å². The quantitative estimate of drug-likeness (QED) is 0.00758. The molecule has 3 aromatic carbocycles. The number of nitrogens with one attached hydrogen (secondary N) is 11. The van der Waals surface area contributed by atoms with Gasteiger partial charge in [-0.15, -0.1) is 0 Å². The molecule has 0 spiro atoms. The van der Waals surface area contributed by atoms with E-state index in [9.17, 15) is 34.2 Å². The molecule has 5 heterocycles. The van der Waals surface area contributed by atoms with Crippen LogP contribution in [0.2, 0.25) is 0 Å². The highest BCUT2D eigenvalue weighted by molar-refractivity contribution is 8.76. The van der Waals surface area contributed by atoms with Crippen molar-refractivity contribution in [1.29, 1.82) is 0 Å². The molecule has 3 saturated heterocycles. The molecule has 4 aliphatic heterocycles. The van der Waals surface area contributed by atoms with Gasteiger partial charge in [0, 0.05) is 65.2 Å². The molecule has 3 saturated carbocycles. The van der Waals surface area contributed by atoms with Crippen LogP contribution in [0.3, 0.4) is 0 Å². The van der Waals surface area contributed by atoms with E-state index in [1.54, 1.807) is 83.0 Å². The number of phenolic OH excluding ortho intramolecular Hbond substituents is 1. The third kappa shape index (κ3) is 27.3. The highest BCUT2D eigenvalue weighted by Gasteiger charge is 2.60. The number of aliphatic hydroxyl groups is 1. The van der Waals surface area contributed by atoms with Crippen LogP contribution in [-0.4, -0.2) is 219 Å². The van der Waals surface area contributed by atoms with Gasteiger partial charge in [0.05, 0.1) is 12.1 Å². The number of likely N-dealkylation sites (tertiary alicyclic amines) is 2. The number of aryl methyl sites for hydroxylation is 1. The number of aliphatic hydroxyl groups excluding tert-OH is 1. The first-order chi connectivity index (χ1) is 65.8. The number of aromatic hydroxyl groups is 1. The van der Waals surface area contributed by atoms with Crippen LogP contribution in [0.5, 0.6) is 5.75 Å². The van der Waals surface area contributed by atoms with Crippen molar-refractivity contribution in [2.45, 2.75) is 303 Å². The van der Waals surface area contributed by atoms with Gasteiger partial charge in [0.15, 0.2) is 12.4 Å². The number of ether oxygens (including phenoxy) is 2. The number of carbonyl (C=O) groups is 13. The molecule has 21 unspecified atom stereocenters. The first kappa shape index (κ1) is 107. The van der Waals surface area contributed by atoms with E-state index >= 15 is 38.4 Å². The Hall–Kier alpha value is -10.8. The van der Waals surface area contributed by atoms with Crippen molar-refractivity contribution in [1.82, 2.24) is 68.3 Å². The number of benzene rings is 3. The molecule has 21 atom stereocenters. The molecule has 4 aromatic rings. The summed E-state index contributed by atoms with van der Waals surface area (Å²) in [5.74, 6) is -7.51. The predicted molar refractivity (Wildman–Crippen MR) is 539 cm³/mol. The van der Waals surface area contributed by atoms with Gasteiger partial charge in [-0.1, -0.05) is 187 Å². The highest BCUT2D eigenvalue weighted by atomic mass is 33.1. The number of pyridine rings is 1. The highest BCUT2D eigenvalue weighted by Crippen LogP contribution is 2.67. The second-order valence-corrected chi connectivity index (χ2v) is 44.5. The Morgan fingerprint density at radius 3 is 2.09 bits per heavy atom. The second-order valence-electron chi connectivity index (χ2n) is 42.0. The zero-order valence-corrected chi connectivity index (χ0v) is 83.6. The average molecular weight is 1960 g/mol. The number of esters is 1. The van der Waals surface area contributed by atoms with E-state index in [-0.39, 0.29) is 103 Å². The number of nitrogens with zero attached hydrogens (tertiary/aromatic N) is 3. The number of carbonyl (C=O) groups excluding carboxylic acids is 13. The lowest BCUT2D eigenvalue weighted by molar-refractivity contribution is -0.671. The van der Waals surface area contributed by atoms with Crippen molar-refractivity contribution < 1.29 is 89.4 Å². The normalized spacial score (nSPS) is 28.2. The number of allylic oxidation sites excluding steroid dienone is 3. The van der Waals surface area contributed by atoms with E-state index in [1.165, 1.54) is 91.5 Å². The molecule has 31 nitrogen and oxygen atoms in total. The molecule has 33 heteroatoms. The van der Waals surface area contributed by atoms with E-state index in [1.807, 2.05) is 60.7 Å². The Balaban J connectivity index is 0.00000682. The third-order valence-electron chi connectivity index (χ3n) is 30.1. The Morgan fingerprint density at radius 1 is 0.676 bits per heavy atom. The van der Waals surface area contributed by atoms with Crippen LogP contribution in [0, 0.1) is 58.2 Å². The number of amides is 12. The third-order valence-corrected chi connectivity index (χ3v) is 32.6. The van der Waals surface area contributed by atoms with Crippen molar-refractivity contribution >= 4 is 109 Å². The Bertz CT molecular complexity index is 5230. The lowest BCUT2D eigenvalue weighted by Crippen LogP contribution is -2.62. The monoisotopic (exact) mass is 1960 g/mol. The molecule has 12 amide bonds. The van der Waals surface area contributed by atoms with E-state index in [4.69, 9.17) is 9.47 Å². The summed E-state index contributed by atoms with van der Waals surface area (Å²) in [6.07, 6.45) is 25.6. The fourth-order valence-corrected chi connectivity index (χ4v) is 25.1. The Labute approximate surface area is 829 Å². The molecule has 760 valence electrons. The number of alkyl carbamates (subject to hydrolysis) is 1. The predicted octanol–water partition coefficient (Wildman–Crippen LogP) is 10.6. The van der Waals surface area contributed by atoms with E-state index < -0.39 is 168 Å². The van der Waals surface area contributed by atoms with E-state index in [0.29, 0.717) is 95.9 Å². The van der Waals surface area contributed by atoms with E-state index in [2.05, 4.69) is 99.2 Å². The Morgan fingerprint density at radius 2 is 1.37 bits per heavy atom. The number of rotatable bonds is 30. The van der Waals surface area contributed by atoms with Crippen LogP contribution in [0.1, 0.15) is 230 Å². The zero-order chi connectivity index (χ0) is 99.0. The van der Waals surface area contributed by atoms with E-state index in [0.717, 1.165) is 51.1 Å². The smallest absolute Gasteiger partial charge is 0.407 e. The minimum Gasteiger partial charge on any atom is -0.508 e. The van der Waals surface area contributed by atoms with Gasteiger partial charge in [0.25, 0.3) is 5.91 Å². The summed E-state index contributed by atoms with van der Waals surface area (Å²) in [5.41, 5.74) is 2.87. The summed E-state index contributed by atoms with van der Waals surface area (Å²) in [6.45, 7) is 21.8. The maximum atomic E-state index is 15.9. The van der Waals surface area contributed by atoms with Crippen molar-refractivity contribution in [3.8, 4) is 5.75 Å². The minimum atomic E-state index is -1.75. The molecule has 0 radical (unpaired) electrons. The van der Waals surface area contributed by atoms with Gasteiger partial charge < -0.3 is 88.0 Å². The topological polar surface area (TPSA) is 424 Å². The molecule has 6 fully saturated rings. The molecular formula is C106H153N14O17S2+. The number of hydrogen-bond acceptors (Lipinski definition) is 20. The number of phenols is 1. The standard InChI is InChI=1S/C105H144N14O17S2.CH4.2H2/c1-61(2)23-19-24-63(5)76-41-42-77-75-40-37-71-55-73(43-45-104(71,10)78(75)44-46-105(76,77)11)135-88(122)57-108-98(130)90(64(6)120)116-96(128)85-60-138-137-59-84(113-93(125)82(53-66-33-36-67-25-13-14-26-68(67)51-66)112-97(129)86-31-21-49-118(86)101(133)87-32-22-50-119(87)100(132)69-27-20-48-117(12)58-69)95(127)110-81(52-65-34-38-72(121)39-35-65)92(124)111-83(54-70-56-107-79-29-16-15-28-74(70)79)94(126)109-80(91(123)115-89(62(3)4)99(131)114-85)30-17-18-47-106-102(134)136-103(7,8)9;;;/h13-16,20,25-29,33-39,48,51,56,58,61-64,73-87,89-90,107,120H,17-19,21-24,30-32,40-47,49-50,52-55,57,59-60H2,1-12H3,(H10-,106,108,109,110,111,112,113,114,115,116,121,123,124,125,126,127,128,129,130,131,134);1H4;2*1H/p+1/i;;2*1+1. The SMILES string of the molecule is C.CC(C)CCCC(C)C1CCC2C3CC=C4CC(OC(=O)CNC(=O)C(NC(=O)C5CSSCC(NC(=O)C(Cc6ccc7ccccc7c6)NC(=O)C6CCCN6C(=O)C6CCCN6C(=O)c6ccc[n+](C)c6)C(=O)NC(Cc6ccc(O)cc6)C(=O)NC(CC6=CNC7C=CC=CC67)C(=O)NC(CCCCNC(=O)OC(C)(C)C)C(=O)NC(C(C)C)C(=O)N5)C(C)O)CCC4(C)C3CCC12C.[2HH].[2HH]. The van der Waals surface area contributed by atoms with Gasteiger partial charge in [-0.05, 0) is 228 Å². The van der Waals surface area contributed by atoms with Gasteiger partial charge in [0.1, 0.15) is 97.0 Å². The molecule has 9 aliphatic rings. The molecule has 13 rings (SSSR count). The maximum absolute atomic E-state index is 15.9. The van der Waals surface area contributed by atoms with Crippen LogP contribution >= 0.6 is 21.6 Å². The summed E-state index contributed by atoms with van der Waals surface area (Å²) >= 11 is 0. The van der Waals surface area contributed by atoms with Crippen molar-refractivity contribution in [2.75, 3.05) is 37.7 Å². The van der Waals surface area contributed by atoms with Crippen LogP contribution in [-0.2, 0) is 82.1 Å². The van der Waals surface area contributed by atoms with Gasteiger partial charge in [-0.3, -0.25) is 57.5 Å². The average Bonchev–Trinajstić information content (AvgIpc) is 1.55. The number of unbranched alkanes of at least 4 members (excludes halogenated alkanes) is 1. The fourth-order valence-electron chi connectivity index (χ4n) is 22.8. The zero-order valence-electron chi connectivity index (χ0n) is 82.0. The lowest BCUT2D eigenvalue weighted by Gasteiger charge is -2.58. The van der Waals surface area contributed by atoms with Crippen molar-refractivity contribution in [2.24, 2.45) is 65.2 Å². The van der Waals surface area contributed by atoms with Gasteiger partial charge in [-0.2, -0.15) is 0 Å². The fraction of sp³-hybridized carbons (Fsp3) is 0.604. The summed E-state index contributed by atoms with van der Waals surface area (Å²) in [6, 6.07) is 7.57. The maximum Gasteiger partial charge on any atom is 0.407 e. The van der Waals surface area contributed by atoms with Gasteiger partial charge in [0.2, 0.25) is 59.1 Å². The summed E-state index contributed by atoms with van der Waals surface area (Å²) in [7, 11) is 3.67. The first-order valence-electron chi connectivity index (χ1n) is 49.9.